The lowest BCUT2D eigenvalue weighted by Crippen LogP contribution is -2.52. The van der Waals surface area contributed by atoms with Gasteiger partial charge < -0.3 is 15.0 Å². The highest BCUT2D eigenvalue weighted by molar-refractivity contribution is 5.80. The van der Waals surface area contributed by atoms with Crippen molar-refractivity contribution in [2.45, 2.75) is 64.8 Å². The van der Waals surface area contributed by atoms with Crippen LogP contribution in [0.4, 0.5) is 0 Å². The molecule has 124 valence electrons. The fraction of sp³-hybridized carbons (Fsp3) is 0.941. The molecule has 21 heavy (non-hydrogen) atoms. The van der Waals surface area contributed by atoms with E-state index in [-0.39, 0.29) is 5.97 Å². The Labute approximate surface area is 130 Å². The van der Waals surface area contributed by atoms with E-state index in [9.17, 15) is 4.79 Å². The number of esters is 1. The molecule has 1 aliphatic rings. The van der Waals surface area contributed by atoms with Gasteiger partial charge in [0.1, 0.15) is 5.54 Å². The van der Waals surface area contributed by atoms with Gasteiger partial charge in [-0.15, -0.1) is 0 Å². The molecule has 0 saturated carbocycles. The van der Waals surface area contributed by atoms with Crippen LogP contribution in [0.15, 0.2) is 0 Å². The molecule has 0 amide bonds. The second-order valence-electron chi connectivity index (χ2n) is 6.53. The lowest BCUT2D eigenvalue weighted by atomic mass is 9.96. The molecular formula is C17H34N2O2. The molecule has 0 aromatic carbocycles. The maximum atomic E-state index is 12.0. The highest BCUT2D eigenvalue weighted by atomic mass is 16.5. The van der Waals surface area contributed by atoms with E-state index in [0.29, 0.717) is 0 Å². The molecule has 4 heteroatoms. The van der Waals surface area contributed by atoms with Gasteiger partial charge in [-0.2, -0.15) is 0 Å². The van der Waals surface area contributed by atoms with Crippen LogP contribution in [0.2, 0.25) is 0 Å². The van der Waals surface area contributed by atoms with Crippen LogP contribution in [0.25, 0.3) is 0 Å². The Bertz CT molecular complexity index is 309. The van der Waals surface area contributed by atoms with Gasteiger partial charge in [-0.05, 0) is 58.2 Å². The fourth-order valence-corrected chi connectivity index (χ4v) is 3.41. The normalized spacial score (nSPS) is 23.3. The lowest BCUT2D eigenvalue weighted by Gasteiger charge is -2.30. The van der Waals surface area contributed by atoms with E-state index < -0.39 is 5.54 Å². The Morgan fingerprint density at radius 1 is 1.33 bits per heavy atom. The third kappa shape index (κ3) is 5.95. The molecule has 0 aromatic heterocycles. The number of hydrogen-bond donors (Lipinski definition) is 1. The molecule has 1 saturated heterocycles. The second kappa shape index (κ2) is 9.42. The molecule has 2 atom stereocenters. The fourth-order valence-electron chi connectivity index (χ4n) is 3.41. The van der Waals surface area contributed by atoms with Crippen LogP contribution in [0.5, 0.6) is 0 Å². The summed E-state index contributed by atoms with van der Waals surface area (Å²) in [5, 5.41) is 3.29. The molecule has 1 aliphatic heterocycles. The lowest BCUT2D eigenvalue weighted by molar-refractivity contribution is -0.148. The SMILES string of the molecule is CCCC1CCCN(CCC(C)(NCC)C(=O)OC)CC1. The van der Waals surface area contributed by atoms with E-state index in [2.05, 4.69) is 17.1 Å². The number of hydrogen-bond acceptors (Lipinski definition) is 4. The molecule has 0 aromatic rings. The van der Waals surface area contributed by atoms with Crippen LogP contribution in [-0.4, -0.2) is 49.7 Å². The summed E-state index contributed by atoms with van der Waals surface area (Å²) < 4.78 is 4.96. The predicted molar refractivity (Wildman–Crippen MR) is 87.4 cm³/mol. The summed E-state index contributed by atoms with van der Waals surface area (Å²) >= 11 is 0. The summed E-state index contributed by atoms with van der Waals surface area (Å²) in [6.45, 7) is 10.4. The minimum absolute atomic E-state index is 0.150. The number of ether oxygens (including phenoxy) is 1. The van der Waals surface area contributed by atoms with E-state index in [1.165, 1.54) is 52.3 Å². The van der Waals surface area contributed by atoms with Crippen molar-refractivity contribution in [2.75, 3.05) is 33.3 Å². The topological polar surface area (TPSA) is 41.6 Å². The Morgan fingerprint density at radius 3 is 2.71 bits per heavy atom. The summed E-state index contributed by atoms with van der Waals surface area (Å²) in [6, 6.07) is 0. The van der Waals surface area contributed by atoms with Crippen LogP contribution >= 0.6 is 0 Å². The first-order chi connectivity index (χ1) is 10.1. The Hall–Kier alpha value is -0.610. The molecular weight excluding hydrogens is 264 g/mol. The average molecular weight is 298 g/mol. The molecule has 1 fully saturated rings. The number of nitrogens with zero attached hydrogens (tertiary/aromatic N) is 1. The Kier molecular flexibility index (Phi) is 8.27. The van der Waals surface area contributed by atoms with Gasteiger partial charge in [0.25, 0.3) is 0 Å². The molecule has 0 aliphatic carbocycles. The van der Waals surface area contributed by atoms with Gasteiger partial charge >= 0.3 is 5.97 Å². The van der Waals surface area contributed by atoms with Crippen LogP contribution in [0, 0.1) is 5.92 Å². The molecule has 2 unspecified atom stereocenters. The number of carbonyl (C=O) groups is 1. The number of rotatable bonds is 8. The Morgan fingerprint density at radius 2 is 2.10 bits per heavy atom. The third-order valence-electron chi connectivity index (χ3n) is 4.77. The van der Waals surface area contributed by atoms with Crippen molar-refractivity contribution >= 4 is 5.97 Å². The first-order valence-electron chi connectivity index (χ1n) is 8.61. The average Bonchev–Trinajstić information content (AvgIpc) is 2.70. The third-order valence-corrected chi connectivity index (χ3v) is 4.77. The van der Waals surface area contributed by atoms with Crippen LogP contribution < -0.4 is 5.32 Å². The molecule has 1 N–H and O–H groups in total. The second-order valence-corrected chi connectivity index (χ2v) is 6.53. The number of nitrogens with one attached hydrogen (secondary N) is 1. The number of likely N-dealkylation sites (N-methyl/N-ethyl adjacent to an activating group) is 1. The van der Waals surface area contributed by atoms with Gasteiger partial charge in [-0.1, -0.05) is 26.7 Å². The quantitative estimate of drug-likeness (QED) is 0.700. The highest BCUT2D eigenvalue weighted by Gasteiger charge is 2.33. The van der Waals surface area contributed by atoms with Crippen molar-refractivity contribution in [3.63, 3.8) is 0 Å². The molecule has 0 spiro atoms. The minimum atomic E-state index is -0.557. The first kappa shape index (κ1) is 18.4. The summed E-state index contributed by atoms with van der Waals surface area (Å²) in [5.74, 6) is 0.754. The van der Waals surface area contributed by atoms with Crippen LogP contribution in [0.3, 0.4) is 0 Å². The number of likely N-dealkylation sites (tertiary alicyclic amines) is 1. The van der Waals surface area contributed by atoms with Gasteiger partial charge in [-0.3, -0.25) is 4.79 Å². The smallest absolute Gasteiger partial charge is 0.325 e. The molecule has 1 heterocycles. The van der Waals surface area contributed by atoms with Gasteiger partial charge in [0.05, 0.1) is 7.11 Å². The molecule has 0 radical (unpaired) electrons. The van der Waals surface area contributed by atoms with Crippen molar-refractivity contribution in [2.24, 2.45) is 5.92 Å². The monoisotopic (exact) mass is 298 g/mol. The van der Waals surface area contributed by atoms with Crippen molar-refractivity contribution in [1.82, 2.24) is 10.2 Å². The van der Waals surface area contributed by atoms with Crippen LogP contribution in [-0.2, 0) is 9.53 Å². The number of carbonyl (C=O) groups excluding carboxylic acids is 1. The molecule has 4 nitrogen and oxygen atoms in total. The highest BCUT2D eigenvalue weighted by Crippen LogP contribution is 2.23. The summed E-state index contributed by atoms with van der Waals surface area (Å²) in [7, 11) is 1.47. The Balaban J connectivity index is 2.46. The summed E-state index contributed by atoms with van der Waals surface area (Å²) in [6.07, 6.45) is 7.44. The number of methoxy groups -OCH3 is 1. The van der Waals surface area contributed by atoms with Crippen molar-refractivity contribution < 1.29 is 9.53 Å². The molecule has 1 rings (SSSR count). The maximum absolute atomic E-state index is 12.0. The predicted octanol–water partition coefficient (Wildman–Crippen LogP) is 2.82. The van der Waals surface area contributed by atoms with Gasteiger partial charge in [0.15, 0.2) is 0 Å². The van der Waals surface area contributed by atoms with E-state index in [0.717, 1.165) is 25.4 Å². The van der Waals surface area contributed by atoms with Crippen molar-refractivity contribution in [1.29, 1.82) is 0 Å². The minimum Gasteiger partial charge on any atom is -0.468 e. The van der Waals surface area contributed by atoms with Crippen LogP contribution in [0.1, 0.15) is 59.3 Å². The van der Waals surface area contributed by atoms with E-state index in [1.54, 1.807) is 0 Å². The standard InChI is InChI=1S/C17H34N2O2/c1-5-8-15-9-7-12-19(13-10-15)14-11-17(3,18-6-2)16(20)21-4/h15,18H,5-14H2,1-4H3. The zero-order valence-corrected chi connectivity index (χ0v) is 14.4. The van der Waals surface area contributed by atoms with E-state index in [4.69, 9.17) is 4.74 Å². The van der Waals surface area contributed by atoms with Gasteiger partial charge in [0.2, 0.25) is 0 Å². The van der Waals surface area contributed by atoms with Gasteiger partial charge in [-0.25, -0.2) is 0 Å². The van der Waals surface area contributed by atoms with E-state index >= 15 is 0 Å². The molecule has 0 bridgehead atoms. The largest absolute Gasteiger partial charge is 0.468 e. The summed E-state index contributed by atoms with van der Waals surface area (Å²) in [5.41, 5.74) is -0.557. The first-order valence-corrected chi connectivity index (χ1v) is 8.61. The van der Waals surface area contributed by atoms with Crippen molar-refractivity contribution in [3.05, 3.63) is 0 Å². The van der Waals surface area contributed by atoms with Gasteiger partial charge in [0, 0.05) is 6.54 Å². The maximum Gasteiger partial charge on any atom is 0.325 e. The zero-order chi connectivity index (χ0) is 15.7. The summed E-state index contributed by atoms with van der Waals surface area (Å²) in [4.78, 5) is 14.5. The van der Waals surface area contributed by atoms with E-state index in [1.807, 2.05) is 13.8 Å². The van der Waals surface area contributed by atoms with Crippen molar-refractivity contribution in [3.8, 4) is 0 Å². The zero-order valence-electron chi connectivity index (χ0n) is 14.4.